The summed E-state index contributed by atoms with van der Waals surface area (Å²) in [5.74, 6) is 1.58. The monoisotopic (exact) mass is 381 g/mol. The average molecular weight is 381 g/mol. The molecule has 0 aliphatic carbocycles. The molecule has 0 aliphatic heterocycles. The fourth-order valence-corrected chi connectivity index (χ4v) is 3.63. The van der Waals surface area contributed by atoms with Gasteiger partial charge in [0.2, 0.25) is 5.91 Å². The maximum absolute atomic E-state index is 12.3. The predicted molar refractivity (Wildman–Crippen MR) is 111 cm³/mol. The summed E-state index contributed by atoms with van der Waals surface area (Å²) in [5.41, 5.74) is 2.70. The van der Waals surface area contributed by atoms with E-state index in [9.17, 15) is 4.79 Å². The number of benzene rings is 2. The van der Waals surface area contributed by atoms with E-state index in [1.807, 2.05) is 48.5 Å². The Kier molecular flexibility index (Phi) is 6.49. The quantitative estimate of drug-likeness (QED) is 0.569. The molecule has 5 heteroatoms. The first kappa shape index (κ1) is 19.0. The first-order valence-electron chi connectivity index (χ1n) is 8.84. The molecular weight excluding hydrogens is 358 g/mol. The second kappa shape index (κ2) is 9.24. The van der Waals surface area contributed by atoms with Crippen molar-refractivity contribution in [1.82, 2.24) is 0 Å². The van der Waals surface area contributed by atoms with Gasteiger partial charge < -0.3 is 14.8 Å². The molecule has 0 unspecified atom stereocenters. The Morgan fingerprint density at radius 1 is 1.04 bits per heavy atom. The Balaban J connectivity index is 1.67. The fourth-order valence-electron chi connectivity index (χ4n) is 2.88. The Labute approximate surface area is 163 Å². The van der Waals surface area contributed by atoms with Crippen LogP contribution in [0.4, 0.5) is 5.69 Å². The van der Waals surface area contributed by atoms with E-state index in [0.29, 0.717) is 6.42 Å². The van der Waals surface area contributed by atoms with Crippen LogP contribution in [0, 0.1) is 0 Å². The number of anilines is 1. The molecule has 27 heavy (non-hydrogen) atoms. The zero-order chi connectivity index (χ0) is 19.1. The SMILES string of the molecule is COc1ccc(-c2cc(NC(=O)CCCc3cccs3)ccc2OC)cc1. The number of carbonyl (C=O) groups is 1. The van der Waals surface area contributed by atoms with Gasteiger partial charge in [0.15, 0.2) is 0 Å². The van der Waals surface area contributed by atoms with Gasteiger partial charge in [-0.1, -0.05) is 18.2 Å². The van der Waals surface area contributed by atoms with E-state index in [-0.39, 0.29) is 5.91 Å². The van der Waals surface area contributed by atoms with Crippen LogP contribution in [0.3, 0.4) is 0 Å². The standard InChI is InChI=1S/C22H23NO3S/c1-25-18-11-8-16(9-12-18)20-15-17(10-13-21(20)26-2)23-22(24)7-3-5-19-6-4-14-27-19/h4,6,8-15H,3,5,7H2,1-2H3,(H,23,24). The van der Waals surface area contributed by atoms with Gasteiger partial charge >= 0.3 is 0 Å². The average Bonchev–Trinajstić information content (AvgIpc) is 3.21. The molecule has 0 fully saturated rings. The van der Waals surface area contributed by atoms with Crippen LogP contribution in [0.1, 0.15) is 17.7 Å². The van der Waals surface area contributed by atoms with Crippen molar-refractivity contribution in [2.75, 3.05) is 19.5 Å². The molecular formula is C22H23NO3S. The largest absolute Gasteiger partial charge is 0.497 e. The molecule has 4 nitrogen and oxygen atoms in total. The fraction of sp³-hybridized carbons (Fsp3) is 0.227. The molecule has 140 valence electrons. The first-order chi connectivity index (χ1) is 13.2. The van der Waals surface area contributed by atoms with E-state index in [1.54, 1.807) is 25.6 Å². The highest BCUT2D eigenvalue weighted by Crippen LogP contribution is 2.33. The smallest absolute Gasteiger partial charge is 0.224 e. The van der Waals surface area contributed by atoms with Gasteiger partial charge in [-0.15, -0.1) is 11.3 Å². The number of thiophene rings is 1. The van der Waals surface area contributed by atoms with E-state index in [4.69, 9.17) is 9.47 Å². The summed E-state index contributed by atoms with van der Waals surface area (Å²) in [6.45, 7) is 0. The van der Waals surface area contributed by atoms with Crippen molar-refractivity contribution < 1.29 is 14.3 Å². The summed E-state index contributed by atoms with van der Waals surface area (Å²) in [5, 5.41) is 5.05. The summed E-state index contributed by atoms with van der Waals surface area (Å²) in [6, 6.07) is 17.6. The zero-order valence-corrected chi connectivity index (χ0v) is 16.3. The minimum Gasteiger partial charge on any atom is -0.497 e. The van der Waals surface area contributed by atoms with Gasteiger partial charge in [-0.05, 0) is 60.2 Å². The molecule has 3 aromatic rings. The number of carbonyl (C=O) groups excluding carboxylic acids is 1. The van der Waals surface area contributed by atoms with Gasteiger partial charge in [0, 0.05) is 22.5 Å². The van der Waals surface area contributed by atoms with E-state index in [1.165, 1.54) is 4.88 Å². The van der Waals surface area contributed by atoms with Crippen molar-refractivity contribution >= 4 is 22.9 Å². The lowest BCUT2D eigenvalue weighted by Gasteiger charge is -2.12. The molecule has 1 heterocycles. The van der Waals surface area contributed by atoms with Gasteiger partial charge in [0.1, 0.15) is 11.5 Å². The van der Waals surface area contributed by atoms with E-state index >= 15 is 0 Å². The third-order valence-corrected chi connectivity index (χ3v) is 5.23. The number of nitrogens with one attached hydrogen (secondary N) is 1. The maximum Gasteiger partial charge on any atom is 0.224 e. The van der Waals surface area contributed by atoms with Crippen LogP contribution in [-0.2, 0) is 11.2 Å². The molecule has 0 saturated carbocycles. The number of methoxy groups -OCH3 is 2. The van der Waals surface area contributed by atoms with Crippen LogP contribution in [0.15, 0.2) is 60.0 Å². The third-order valence-electron chi connectivity index (χ3n) is 4.29. The zero-order valence-electron chi connectivity index (χ0n) is 15.5. The van der Waals surface area contributed by atoms with Crippen molar-refractivity contribution in [3.05, 3.63) is 64.9 Å². The summed E-state index contributed by atoms with van der Waals surface area (Å²) in [7, 11) is 3.29. The Morgan fingerprint density at radius 2 is 1.85 bits per heavy atom. The molecule has 2 aromatic carbocycles. The molecule has 0 atom stereocenters. The van der Waals surface area contributed by atoms with Gasteiger partial charge in [0.25, 0.3) is 0 Å². The normalized spacial score (nSPS) is 10.4. The van der Waals surface area contributed by atoms with Crippen molar-refractivity contribution in [3.63, 3.8) is 0 Å². The predicted octanol–water partition coefficient (Wildman–Crippen LogP) is 5.39. The number of ether oxygens (including phenoxy) is 2. The Hall–Kier alpha value is -2.79. The van der Waals surface area contributed by atoms with Gasteiger partial charge in [-0.25, -0.2) is 0 Å². The summed E-state index contributed by atoms with van der Waals surface area (Å²) in [6.07, 6.45) is 2.28. The van der Waals surface area contributed by atoms with Gasteiger partial charge in [-0.3, -0.25) is 4.79 Å². The van der Waals surface area contributed by atoms with Crippen LogP contribution in [0.25, 0.3) is 11.1 Å². The minimum absolute atomic E-state index is 0.0254. The molecule has 1 aromatic heterocycles. The first-order valence-corrected chi connectivity index (χ1v) is 9.72. The number of hydrogen-bond acceptors (Lipinski definition) is 4. The van der Waals surface area contributed by atoms with E-state index in [0.717, 1.165) is 41.2 Å². The Bertz CT molecular complexity index is 873. The van der Waals surface area contributed by atoms with Crippen molar-refractivity contribution in [2.24, 2.45) is 0 Å². The Morgan fingerprint density at radius 3 is 2.52 bits per heavy atom. The topological polar surface area (TPSA) is 47.6 Å². The lowest BCUT2D eigenvalue weighted by Crippen LogP contribution is -2.11. The van der Waals surface area contributed by atoms with Crippen LogP contribution >= 0.6 is 11.3 Å². The summed E-state index contributed by atoms with van der Waals surface area (Å²) >= 11 is 1.73. The number of hydrogen-bond donors (Lipinski definition) is 1. The lowest BCUT2D eigenvalue weighted by molar-refractivity contribution is -0.116. The maximum atomic E-state index is 12.3. The van der Waals surface area contributed by atoms with Gasteiger partial charge in [0.05, 0.1) is 14.2 Å². The molecule has 0 saturated heterocycles. The number of aryl methyl sites for hydroxylation is 1. The molecule has 0 bridgehead atoms. The number of rotatable bonds is 8. The van der Waals surface area contributed by atoms with Crippen LogP contribution in [0.5, 0.6) is 11.5 Å². The molecule has 1 amide bonds. The highest BCUT2D eigenvalue weighted by atomic mass is 32.1. The van der Waals surface area contributed by atoms with Crippen molar-refractivity contribution in [1.29, 1.82) is 0 Å². The second-order valence-corrected chi connectivity index (χ2v) is 7.16. The molecule has 0 radical (unpaired) electrons. The van der Waals surface area contributed by atoms with Crippen molar-refractivity contribution in [3.8, 4) is 22.6 Å². The second-order valence-electron chi connectivity index (χ2n) is 6.12. The lowest BCUT2D eigenvalue weighted by atomic mass is 10.0. The molecule has 1 N–H and O–H groups in total. The third kappa shape index (κ3) is 5.11. The molecule has 0 spiro atoms. The van der Waals surface area contributed by atoms with Gasteiger partial charge in [-0.2, -0.15) is 0 Å². The van der Waals surface area contributed by atoms with Crippen molar-refractivity contribution in [2.45, 2.75) is 19.3 Å². The number of amides is 1. The van der Waals surface area contributed by atoms with E-state index in [2.05, 4.69) is 16.8 Å². The summed E-state index contributed by atoms with van der Waals surface area (Å²) in [4.78, 5) is 13.6. The highest BCUT2D eigenvalue weighted by Gasteiger charge is 2.10. The molecule has 0 aliphatic rings. The van der Waals surface area contributed by atoms with E-state index < -0.39 is 0 Å². The summed E-state index contributed by atoms with van der Waals surface area (Å²) < 4.78 is 10.7. The van der Waals surface area contributed by atoms with Crippen LogP contribution in [0.2, 0.25) is 0 Å². The molecule has 3 rings (SSSR count). The van der Waals surface area contributed by atoms with Crippen LogP contribution < -0.4 is 14.8 Å². The minimum atomic E-state index is 0.0254. The van der Waals surface area contributed by atoms with Crippen LogP contribution in [-0.4, -0.2) is 20.1 Å². The highest BCUT2D eigenvalue weighted by molar-refractivity contribution is 7.09.